The number of rotatable bonds is 5. The lowest BCUT2D eigenvalue weighted by Gasteiger charge is -2.34. The second-order valence-corrected chi connectivity index (χ2v) is 4.97. The van der Waals surface area contributed by atoms with Crippen LogP contribution in [0.5, 0.6) is 0 Å². The zero-order valence-electron chi connectivity index (χ0n) is 11.2. The SMILES string of the molecule is NCc1ccc(F)c(CN2CCN(CCO)CC2)c1. The van der Waals surface area contributed by atoms with Crippen LogP contribution in [0.3, 0.4) is 0 Å². The number of aliphatic hydroxyl groups is 1. The Kier molecular flexibility index (Phi) is 5.27. The molecule has 4 nitrogen and oxygen atoms in total. The van der Waals surface area contributed by atoms with Crippen molar-refractivity contribution in [2.75, 3.05) is 39.3 Å². The molecular weight excluding hydrogens is 245 g/mol. The highest BCUT2D eigenvalue weighted by atomic mass is 19.1. The molecule has 1 aliphatic rings. The van der Waals surface area contributed by atoms with E-state index in [-0.39, 0.29) is 12.4 Å². The minimum Gasteiger partial charge on any atom is -0.395 e. The van der Waals surface area contributed by atoms with E-state index in [1.165, 1.54) is 6.07 Å². The predicted molar refractivity (Wildman–Crippen MR) is 73.1 cm³/mol. The molecule has 1 aromatic carbocycles. The monoisotopic (exact) mass is 267 g/mol. The molecule has 1 aromatic rings. The van der Waals surface area contributed by atoms with Crippen LogP contribution in [0.15, 0.2) is 18.2 Å². The van der Waals surface area contributed by atoms with Crippen LogP contribution in [-0.4, -0.2) is 54.2 Å². The van der Waals surface area contributed by atoms with Crippen molar-refractivity contribution in [1.29, 1.82) is 0 Å². The van der Waals surface area contributed by atoms with Crippen molar-refractivity contribution in [2.45, 2.75) is 13.1 Å². The van der Waals surface area contributed by atoms with Gasteiger partial charge in [-0.2, -0.15) is 0 Å². The Morgan fingerprint density at radius 3 is 2.47 bits per heavy atom. The Morgan fingerprint density at radius 1 is 1.16 bits per heavy atom. The van der Waals surface area contributed by atoms with Gasteiger partial charge in [-0.1, -0.05) is 12.1 Å². The average molecular weight is 267 g/mol. The van der Waals surface area contributed by atoms with Crippen molar-refractivity contribution < 1.29 is 9.50 Å². The number of hydrogen-bond acceptors (Lipinski definition) is 4. The van der Waals surface area contributed by atoms with Crippen LogP contribution in [0.25, 0.3) is 0 Å². The van der Waals surface area contributed by atoms with E-state index in [9.17, 15) is 4.39 Å². The van der Waals surface area contributed by atoms with Gasteiger partial charge in [-0.15, -0.1) is 0 Å². The molecule has 1 fully saturated rings. The zero-order valence-corrected chi connectivity index (χ0v) is 11.2. The fourth-order valence-corrected chi connectivity index (χ4v) is 2.43. The zero-order chi connectivity index (χ0) is 13.7. The van der Waals surface area contributed by atoms with E-state index < -0.39 is 0 Å². The number of β-amino-alcohol motifs (C(OH)–C–C–N with tert-alkyl or cyclic N) is 1. The summed E-state index contributed by atoms with van der Waals surface area (Å²) in [7, 11) is 0. The summed E-state index contributed by atoms with van der Waals surface area (Å²) in [5.74, 6) is -0.157. The molecule has 0 atom stereocenters. The van der Waals surface area contributed by atoms with Gasteiger partial charge in [0.2, 0.25) is 0 Å². The molecule has 19 heavy (non-hydrogen) atoms. The van der Waals surface area contributed by atoms with Crippen LogP contribution in [0, 0.1) is 5.82 Å². The molecule has 3 N–H and O–H groups in total. The molecule has 1 saturated heterocycles. The van der Waals surface area contributed by atoms with Crippen molar-refractivity contribution in [3.05, 3.63) is 35.1 Å². The molecule has 0 aromatic heterocycles. The fraction of sp³-hybridized carbons (Fsp3) is 0.571. The highest BCUT2D eigenvalue weighted by Gasteiger charge is 2.17. The lowest BCUT2D eigenvalue weighted by Crippen LogP contribution is -2.46. The quantitative estimate of drug-likeness (QED) is 0.810. The van der Waals surface area contributed by atoms with Gasteiger partial charge < -0.3 is 10.8 Å². The molecule has 1 aliphatic heterocycles. The van der Waals surface area contributed by atoms with Gasteiger partial charge in [0.25, 0.3) is 0 Å². The van der Waals surface area contributed by atoms with Gasteiger partial charge in [-0.3, -0.25) is 9.80 Å². The molecule has 0 aliphatic carbocycles. The van der Waals surface area contributed by atoms with Crippen molar-refractivity contribution in [1.82, 2.24) is 9.80 Å². The normalized spacial score (nSPS) is 17.8. The third kappa shape index (κ3) is 3.98. The summed E-state index contributed by atoms with van der Waals surface area (Å²) < 4.78 is 13.7. The number of benzene rings is 1. The Bertz CT molecular complexity index is 406. The van der Waals surface area contributed by atoms with Gasteiger partial charge in [0.15, 0.2) is 0 Å². The van der Waals surface area contributed by atoms with Crippen LogP contribution in [-0.2, 0) is 13.1 Å². The maximum Gasteiger partial charge on any atom is 0.127 e. The standard InChI is InChI=1S/C14H22FN3O/c15-14-2-1-12(10-16)9-13(14)11-18-5-3-17(4-6-18)7-8-19/h1-2,9,19H,3-8,10-11,16H2. The first-order valence-electron chi connectivity index (χ1n) is 6.76. The van der Waals surface area contributed by atoms with Crippen molar-refractivity contribution in [3.63, 3.8) is 0 Å². The van der Waals surface area contributed by atoms with E-state index in [2.05, 4.69) is 9.80 Å². The average Bonchev–Trinajstić information content (AvgIpc) is 2.44. The van der Waals surface area contributed by atoms with Crippen LogP contribution in [0.4, 0.5) is 4.39 Å². The molecule has 1 heterocycles. The molecule has 0 saturated carbocycles. The molecular formula is C14H22FN3O. The second-order valence-electron chi connectivity index (χ2n) is 4.97. The van der Waals surface area contributed by atoms with E-state index in [4.69, 9.17) is 10.8 Å². The topological polar surface area (TPSA) is 52.7 Å². The first-order chi connectivity index (χ1) is 9.22. The summed E-state index contributed by atoms with van der Waals surface area (Å²) >= 11 is 0. The molecule has 0 unspecified atom stereocenters. The molecule has 0 amide bonds. The summed E-state index contributed by atoms with van der Waals surface area (Å²) in [6.07, 6.45) is 0. The highest BCUT2D eigenvalue weighted by Crippen LogP contribution is 2.14. The van der Waals surface area contributed by atoms with E-state index in [1.54, 1.807) is 6.07 Å². The summed E-state index contributed by atoms with van der Waals surface area (Å²) in [5.41, 5.74) is 7.28. The summed E-state index contributed by atoms with van der Waals surface area (Å²) in [4.78, 5) is 4.47. The molecule has 106 valence electrons. The fourth-order valence-electron chi connectivity index (χ4n) is 2.43. The van der Waals surface area contributed by atoms with E-state index in [0.29, 0.717) is 13.1 Å². The summed E-state index contributed by atoms with van der Waals surface area (Å²) in [6.45, 7) is 5.68. The van der Waals surface area contributed by atoms with Crippen LogP contribution >= 0.6 is 0 Å². The predicted octanol–water partition coefficient (Wildman–Crippen LogP) is 0.394. The number of piperazine rings is 1. The number of nitrogens with zero attached hydrogens (tertiary/aromatic N) is 2. The van der Waals surface area contributed by atoms with Gasteiger partial charge >= 0.3 is 0 Å². The molecule has 0 radical (unpaired) electrons. The molecule has 2 rings (SSSR count). The summed E-state index contributed by atoms with van der Waals surface area (Å²) in [6, 6.07) is 5.09. The minimum atomic E-state index is -0.157. The number of halogens is 1. The Hall–Kier alpha value is -1.01. The van der Waals surface area contributed by atoms with Gasteiger partial charge in [-0.05, 0) is 11.6 Å². The maximum absolute atomic E-state index is 13.7. The van der Waals surface area contributed by atoms with Gasteiger partial charge in [-0.25, -0.2) is 4.39 Å². The molecule has 0 bridgehead atoms. The second kappa shape index (κ2) is 6.96. The van der Waals surface area contributed by atoms with Gasteiger partial charge in [0, 0.05) is 51.4 Å². The first-order valence-corrected chi connectivity index (χ1v) is 6.76. The third-order valence-electron chi connectivity index (χ3n) is 3.62. The minimum absolute atomic E-state index is 0.157. The van der Waals surface area contributed by atoms with E-state index in [0.717, 1.165) is 43.9 Å². The van der Waals surface area contributed by atoms with Crippen LogP contribution in [0.2, 0.25) is 0 Å². The summed E-state index contributed by atoms with van der Waals surface area (Å²) in [5, 5.41) is 8.90. The van der Waals surface area contributed by atoms with Crippen LogP contribution in [0.1, 0.15) is 11.1 Å². The van der Waals surface area contributed by atoms with Crippen molar-refractivity contribution in [2.24, 2.45) is 5.73 Å². The Labute approximate surface area is 113 Å². The lowest BCUT2D eigenvalue weighted by atomic mass is 10.1. The number of hydrogen-bond donors (Lipinski definition) is 2. The van der Waals surface area contributed by atoms with E-state index in [1.807, 2.05) is 6.07 Å². The first kappa shape index (κ1) is 14.4. The Balaban J connectivity index is 1.91. The lowest BCUT2D eigenvalue weighted by molar-refractivity contribution is 0.108. The molecule has 5 heteroatoms. The van der Waals surface area contributed by atoms with Crippen molar-refractivity contribution >= 4 is 0 Å². The Morgan fingerprint density at radius 2 is 1.84 bits per heavy atom. The largest absolute Gasteiger partial charge is 0.395 e. The third-order valence-corrected chi connectivity index (χ3v) is 3.62. The van der Waals surface area contributed by atoms with Crippen molar-refractivity contribution in [3.8, 4) is 0 Å². The van der Waals surface area contributed by atoms with E-state index >= 15 is 0 Å². The van der Waals surface area contributed by atoms with Gasteiger partial charge in [0.1, 0.15) is 5.82 Å². The highest BCUT2D eigenvalue weighted by molar-refractivity contribution is 5.25. The van der Waals surface area contributed by atoms with Crippen LogP contribution < -0.4 is 5.73 Å². The van der Waals surface area contributed by atoms with Gasteiger partial charge in [0.05, 0.1) is 6.61 Å². The number of aliphatic hydroxyl groups excluding tert-OH is 1. The maximum atomic E-state index is 13.7. The smallest absolute Gasteiger partial charge is 0.127 e. The molecule has 0 spiro atoms. The number of nitrogens with two attached hydrogens (primary N) is 1.